The van der Waals surface area contributed by atoms with Crippen molar-refractivity contribution in [1.29, 1.82) is 0 Å². The van der Waals surface area contributed by atoms with E-state index in [4.69, 9.17) is 0 Å². The van der Waals surface area contributed by atoms with Crippen LogP contribution in [0.25, 0.3) is 11.0 Å². The first-order valence-electron chi connectivity index (χ1n) is 10.6. The van der Waals surface area contributed by atoms with Gasteiger partial charge >= 0.3 is 0 Å². The molecule has 2 amide bonds. The Balaban J connectivity index is 2.02. The summed E-state index contributed by atoms with van der Waals surface area (Å²) in [7, 11) is 4.78. The predicted octanol–water partition coefficient (Wildman–Crippen LogP) is 2.14. The molecule has 0 fully saturated rings. The molecular weight excluding hydrogens is 427 g/mol. The van der Waals surface area contributed by atoms with Crippen LogP contribution in [0.2, 0.25) is 0 Å². The lowest BCUT2D eigenvalue weighted by Gasteiger charge is -2.15. The molecule has 3 aromatic rings. The molecule has 8 nitrogen and oxygen atoms in total. The van der Waals surface area contributed by atoms with Gasteiger partial charge in [-0.15, -0.1) is 0 Å². The molecule has 1 aromatic carbocycles. The molecule has 0 saturated heterocycles. The van der Waals surface area contributed by atoms with E-state index in [0.29, 0.717) is 36.0 Å². The maximum absolute atomic E-state index is 13.8. The van der Waals surface area contributed by atoms with Gasteiger partial charge in [-0.05, 0) is 47.7 Å². The van der Waals surface area contributed by atoms with E-state index in [1.165, 1.54) is 34.8 Å². The Bertz CT molecular complexity index is 1280. The number of fused-ring (bicyclic) bond motifs is 1. The number of pyridine rings is 2. The molecule has 0 aliphatic carbocycles. The molecule has 0 radical (unpaired) electrons. The zero-order chi connectivity index (χ0) is 24.3. The third-order valence-corrected chi connectivity index (χ3v) is 5.43. The molecule has 9 heteroatoms. The Hall–Kier alpha value is -3.75. The number of amides is 2. The van der Waals surface area contributed by atoms with Gasteiger partial charge in [0, 0.05) is 33.9 Å². The van der Waals surface area contributed by atoms with Gasteiger partial charge in [-0.25, -0.2) is 4.39 Å². The predicted molar refractivity (Wildman–Crippen MR) is 123 cm³/mol. The van der Waals surface area contributed by atoms with Gasteiger partial charge in [0.05, 0.1) is 11.9 Å². The maximum Gasteiger partial charge on any atom is 0.267 e. The lowest BCUT2D eigenvalue weighted by Crippen LogP contribution is -2.33. The minimum absolute atomic E-state index is 0.0522. The molecule has 33 heavy (non-hydrogen) atoms. The summed E-state index contributed by atoms with van der Waals surface area (Å²) in [6, 6.07) is 5.98. The molecule has 0 atom stereocenters. The van der Waals surface area contributed by atoms with E-state index in [9.17, 15) is 23.9 Å². The summed E-state index contributed by atoms with van der Waals surface area (Å²) in [5.41, 5.74) is 1.52. The van der Waals surface area contributed by atoms with Crippen LogP contribution >= 0.6 is 0 Å². The van der Waals surface area contributed by atoms with Crippen molar-refractivity contribution in [3.63, 3.8) is 0 Å². The van der Waals surface area contributed by atoms with Gasteiger partial charge in [-0.2, -0.15) is 0 Å². The van der Waals surface area contributed by atoms with Crippen molar-refractivity contribution in [1.82, 2.24) is 19.8 Å². The first-order chi connectivity index (χ1) is 15.6. The number of hydrogen-bond donors (Lipinski definition) is 2. The third kappa shape index (κ3) is 5.02. The Morgan fingerprint density at radius 1 is 1.21 bits per heavy atom. The smallest absolute Gasteiger partial charge is 0.267 e. The van der Waals surface area contributed by atoms with Crippen molar-refractivity contribution in [2.75, 3.05) is 20.6 Å². The van der Waals surface area contributed by atoms with Crippen LogP contribution in [0.3, 0.4) is 0 Å². The molecule has 2 aromatic heterocycles. The van der Waals surface area contributed by atoms with Crippen molar-refractivity contribution in [3.8, 4) is 5.75 Å². The van der Waals surface area contributed by atoms with E-state index in [2.05, 4.69) is 10.3 Å². The van der Waals surface area contributed by atoms with Crippen LogP contribution in [0.15, 0.2) is 35.3 Å². The normalized spacial score (nSPS) is 10.9. The fourth-order valence-corrected chi connectivity index (χ4v) is 3.53. The van der Waals surface area contributed by atoms with Gasteiger partial charge in [0.15, 0.2) is 5.75 Å². The topological polar surface area (TPSA) is 105 Å². The molecule has 2 N–H and O–H groups in total. The number of hydrogen-bond acceptors (Lipinski definition) is 5. The zero-order valence-electron chi connectivity index (χ0n) is 19.1. The molecular formula is C24H27FN4O4. The van der Waals surface area contributed by atoms with Crippen molar-refractivity contribution in [3.05, 3.63) is 68.9 Å². The van der Waals surface area contributed by atoms with Gasteiger partial charge in [-0.1, -0.05) is 13.0 Å². The molecule has 174 valence electrons. The van der Waals surface area contributed by atoms with Gasteiger partial charge in [0.1, 0.15) is 16.9 Å². The Labute approximate surface area is 190 Å². The minimum Gasteiger partial charge on any atom is -0.505 e. The highest BCUT2D eigenvalue weighted by Crippen LogP contribution is 2.26. The number of benzene rings is 1. The molecule has 0 bridgehead atoms. The van der Waals surface area contributed by atoms with Crippen LogP contribution < -0.4 is 10.9 Å². The van der Waals surface area contributed by atoms with Crippen LogP contribution in [0.4, 0.5) is 4.39 Å². The summed E-state index contributed by atoms with van der Waals surface area (Å²) in [6.45, 7) is 2.26. The highest BCUT2D eigenvalue weighted by Gasteiger charge is 2.22. The monoisotopic (exact) mass is 454 g/mol. The average molecular weight is 455 g/mol. The van der Waals surface area contributed by atoms with Crippen molar-refractivity contribution in [2.45, 2.75) is 26.2 Å². The average Bonchev–Trinajstić information content (AvgIpc) is 2.77. The fourth-order valence-electron chi connectivity index (χ4n) is 3.53. The molecule has 2 heterocycles. The number of nitrogens with one attached hydrogen (secondary N) is 1. The van der Waals surface area contributed by atoms with E-state index in [1.807, 2.05) is 6.92 Å². The summed E-state index contributed by atoms with van der Waals surface area (Å²) in [6.07, 6.45) is 2.61. The van der Waals surface area contributed by atoms with E-state index >= 15 is 0 Å². The molecule has 0 aliphatic heterocycles. The quantitative estimate of drug-likeness (QED) is 0.569. The Kier molecular flexibility index (Phi) is 7.10. The van der Waals surface area contributed by atoms with Crippen LogP contribution in [-0.2, 0) is 24.7 Å². The molecule has 0 saturated carbocycles. The number of carbonyl (C=O) groups excluding carboxylic acids is 2. The highest BCUT2D eigenvalue weighted by atomic mass is 19.1. The second-order valence-corrected chi connectivity index (χ2v) is 8.11. The third-order valence-electron chi connectivity index (χ3n) is 5.43. The van der Waals surface area contributed by atoms with E-state index < -0.39 is 23.0 Å². The number of nitrogens with zero attached hydrogens (tertiary/aromatic N) is 3. The first-order valence-corrected chi connectivity index (χ1v) is 10.6. The second-order valence-electron chi connectivity index (χ2n) is 8.11. The molecule has 0 aliphatic rings. The number of aromatic hydroxyl groups is 1. The summed E-state index contributed by atoms with van der Waals surface area (Å²) in [4.78, 5) is 43.1. The number of halogens is 1. The van der Waals surface area contributed by atoms with Crippen molar-refractivity contribution >= 4 is 22.8 Å². The summed E-state index contributed by atoms with van der Waals surface area (Å²) in [5, 5.41) is 13.2. The van der Waals surface area contributed by atoms with E-state index in [-0.39, 0.29) is 23.4 Å². The highest BCUT2D eigenvalue weighted by molar-refractivity contribution is 6.01. The number of aryl methyl sites for hydroxylation is 1. The maximum atomic E-state index is 13.8. The fraction of sp³-hybridized carbons (Fsp3) is 0.333. The largest absolute Gasteiger partial charge is 0.505 e. The lowest BCUT2D eigenvalue weighted by atomic mass is 9.97. The Morgan fingerprint density at radius 3 is 2.61 bits per heavy atom. The summed E-state index contributed by atoms with van der Waals surface area (Å²) >= 11 is 0. The lowest BCUT2D eigenvalue weighted by molar-refractivity contribution is -0.127. The van der Waals surface area contributed by atoms with Gasteiger partial charge in [-0.3, -0.25) is 19.4 Å². The molecule has 3 rings (SSSR count). The van der Waals surface area contributed by atoms with Gasteiger partial charge in [0.2, 0.25) is 5.91 Å². The van der Waals surface area contributed by atoms with E-state index in [1.54, 1.807) is 26.2 Å². The van der Waals surface area contributed by atoms with Crippen molar-refractivity contribution in [2.24, 2.45) is 7.05 Å². The first kappa shape index (κ1) is 23.9. The summed E-state index contributed by atoms with van der Waals surface area (Å²) < 4.78 is 15.1. The standard InChI is InChI=1S/C24H27FN4O4/c1-5-8-26-23(32)20-22(31)21-18(29(4)24(20)33)10-14(13-27-21)9-15-6-7-17(25)11-16(15)12-19(30)28(2)3/h6-7,10-11,13,31H,5,8-9,12H2,1-4H3,(H,26,32). The second kappa shape index (κ2) is 9.81. The number of likely N-dealkylation sites (N-methyl/N-ethyl adjacent to an activating group) is 1. The Morgan fingerprint density at radius 2 is 1.94 bits per heavy atom. The number of carbonyl (C=O) groups is 2. The van der Waals surface area contributed by atoms with Crippen LogP contribution in [0.5, 0.6) is 5.75 Å². The van der Waals surface area contributed by atoms with Gasteiger partial charge < -0.3 is 19.9 Å². The minimum atomic E-state index is -0.649. The molecule has 0 unspecified atom stereocenters. The van der Waals surface area contributed by atoms with Crippen LogP contribution in [0.1, 0.15) is 40.4 Å². The van der Waals surface area contributed by atoms with Crippen LogP contribution in [-0.4, -0.2) is 52.0 Å². The molecule has 0 spiro atoms. The SMILES string of the molecule is CCCNC(=O)c1c(O)c2ncc(Cc3ccc(F)cc3CC(=O)N(C)C)cc2n(C)c1=O. The van der Waals surface area contributed by atoms with Crippen molar-refractivity contribution < 1.29 is 19.1 Å². The van der Waals surface area contributed by atoms with Crippen LogP contribution in [0, 0.1) is 5.82 Å². The van der Waals surface area contributed by atoms with E-state index in [0.717, 1.165) is 5.56 Å². The van der Waals surface area contributed by atoms with Gasteiger partial charge in [0.25, 0.3) is 11.5 Å². The number of rotatable bonds is 7. The number of aromatic nitrogens is 2. The summed E-state index contributed by atoms with van der Waals surface area (Å²) in [5.74, 6) is -1.70. The zero-order valence-corrected chi connectivity index (χ0v) is 19.1.